The van der Waals surface area contributed by atoms with Crippen LogP contribution in [0.2, 0.25) is 0 Å². The summed E-state index contributed by atoms with van der Waals surface area (Å²) < 4.78 is 11.2. The number of nitrogens with one attached hydrogen (secondary N) is 1. The molecule has 0 aliphatic heterocycles. The maximum atomic E-state index is 12.3. The number of benzene rings is 1. The number of hydrogen-bond acceptors (Lipinski definition) is 5. The van der Waals surface area contributed by atoms with Crippen molar-refractivity contribution in [2.45, 2.75) is 33.7 Å². The van der Waals surface area contributed by atoms with Gasteiger partial charge < -0.3 is 14.8 Å². The highest BCUT2D eigenvalue weighted by atomic mass is 16.5. The number of carbonyl (C=O) groups excluding carboxylic acids is 1. The molecule has 0 spiro atoms. The summed E-state index contributed by atoms with van der Waals surface area (Å²) in [7, 11) is 0. The lowest BCUT2D eigenvalue weighted by Gasteiger charge is -2.17. The van der Waals surface area contributed by atoms with Gasteiger partial charge in [-0.05, 0) is 45.4 Å². The van der Waals surface area contributed by atoms with Crippen molar-refractivity contribution in [2.75, 3.05) is 13.2 Å². The third kappa shape index (κ3) is 4.44. The van der Waals surface area contributed by atoms with Gasteiger partial charge in [0.2, 0.25) is 0 Å². The Labute approximate surface area is 142 Å². The third-order valence-corrected chi connectivity index (χ3v) is 3.43. The molecule has 0 radical (unpaired) electrons. The molecule has 0 bridgehead atoms. The molecular formula is C18H23N3O3. The van der Waals surface area contributed by atoms with E-state index in [4.69, 9.17) is 9.47 Å². The second-order valence-electron chi connectivity index (χ2n) is 5.31. The van der Waals surface area contributed by atoms with Crippen LogP contribution in [-0.4, -0.2) is 29.1 Å². The molecule has 1 N–H and O–H groups in total. The van der Waals surface area contributed by atoms with Crippen LogP contribution in [0.5, 0.6) is 11.5 Å². The number of hydrogen-bond donors (Lipinski definition) is 1. The summed E-state index contributed by atoms with van der Waals surface area (Å²) in [5.41, 5.74) is 1.99. The summed E-state index contributed by atoms with van der Waals surface area (Å²) in [5.74, 6) is 1.11. The quantitative estimate of drug-likeness (QED) is 0.845. The van der Waals surface area contributed by atoms with Crippen LogP contribution in [0.15, 0.2) is 30.6 Å². The molecule has 24 heavy (non-hydrogen) atoms. The monoisotopic (exact) mass is 329 g/mol. The molecule has 6 nitrogen and oxygen atoms in total. The molecule has 1 aromatic carbocycles. The van der Waals surface area contributed by atoms with E-state index in [0.29, 0.717) is 30.4 Å². The second kappa shape index (κ2) is 8.29. The first kappa shape index (κ1) is 17.7. The molecule has 1 atom stereocenters. The van der Waals surface area contributed by atoms with Gasteiger partial charge in [-0.2, -0.15) is 0 Å². The van der Waals surface area contributed by atoms with Crippen LogP contribution in [0.4, 0.5) is 0 Å². The summed E-state index contributed by atoms with van der Waals surface area (Å²) >= 11 is 0. The van der Waals surface area contributed by atoms with E-state index in [-0.39, 0.29) is 11.9 Å². The van der Waals surface area contributed by atoms with Gasteiger partial charge in [-0.1, -0.05) is 6.07 Å². The number of rotatable bonds is 7. The number of aromatic nitrogens is 2. The van der Waals surface area contributed by atoms with E-state index in [9.17, 15) is 4.79 Å². The predicted octanol–water partition coefficient (Wildman–Crippen LogP) is 3.07. The van der Waals surface area contributed by atoms with Gasteiger partial charge in [0.15, 0.2) is 11.5 Å². The standard InChI is InChI=1S/C18H23N3O3/c1-5-23-16-8-7-14(9-17(16)24-6-2)13(4)21-18(22)15-11-19-12(3)10-20-15/h7-11,13H,5-6H2,1-4H3,(H,21,22). The van der Waals surface area contributed by atoms with E-state index in [1.807, 2.05) is 45.9 Å². The van der Waals surface area contributed by atoms with Gasteiger partial charge in [0, 0.05) is 6.20 Å². The van der Waals surface area contributed by atoms with Gasteiger partial charge in [0.05, 0.1) is 31.1 Å². The largest absolute Gasteiger partial charge is 0.490 e. The molecule has 0 fully saturated rings. The van der Waals surface area contributed by atoms with Crippen molar-refractivity contribution >= 4 is 5.91 Å². The smallest absolute Gasteiger partial charge is 0.271 e. The number of ether oxygens (including phenoxy) is 2. The fraction of sp³-hybridized carbons (Fsp3) is 0.389. The van der Waals surface area contributed by atoms with Crippen LogP contribution in [0.3, 0.4) is 0 Å². The van der Waals surface area contributed by atoms with Crippen molar-refractivity contribution in [1.82, 2.24) is 15.3 Å². The molecule has 0 saturated carbocycles. The zero-order chi connectivity index (χ0) is 17.5. The van der Waals surface area contributed by atoms with Crippen LogP contribution in [0, 0.1) is 6.92 Å². The average Bonchev–Trinajstić information content (AvgIpc) is 2.57. The van der Waals surface area contributed by atoms with Crippen molar-refractivity contribution in [3.8, 4) is 11.5 Å². The molecule has 128 valence electrons. The van der Waals surface area contributed by atoms with Crippen molar-refractivity contribution in [3.05, 3.63) is 47.5 Å². The molecule has 2 rings (SSSR count). The molecule has 0 aliphatic carbocycles. The summed E-state index contributed by atoms with van der Waals surface area (Å²) in [6, 6.07) is 5.47. The van der Waals surface area contributed by atoms with E-state index in [1.165, 1.54) is 6.20 Å². The molecule has 0 aliphatic rings. The summed E-state index contributed by atoms with van der Waals surface area (Å²) in [6.07, 6.45) is 3.05. The Morgan fingerprint density at radius 3 is 2.46 bits per heavy atom. The van der Waals surface area contributed by atoms with Crippen LogP contribution in [-0.2, 0) is 0 Å². The topological polar surface area (TPSA) is 73.3 Å². The SMILES string of the molecule is CCOc1ccc(C(C)NC(=O)c2cnc(C)cn2)cc1OCC. The number of carbonyl (C=O) groups is 1. The fourth-order valence-corrected chi connectivity index (χ4v) is 2.20. The second-order valence-corrected chi connectivity index (χ2v) is 5.31. The molecule has 6 heteroatoms. The van der Waals surface area contributed by atoms with Gasteiger partial charge in [-0.3, -0.25) is 9.78 Å². The lowest BCUT2D eigenvalue weighted by Crippen LogP contribution is -2.27. The summed E-state index contributed by atoms with van der Waals surface area (Å²) in [6.45, 7) is 8.69. The Bertz CT molecular complexity index is 686. The summed E-state index contributed by atoms with van der Waals surface area (Å²) in [4.78, 5) is 20.4. The lowest BCUT2D eigenvalue weighted by molar-refractivity contribution is 0.0934. The average molecular weight is 329 g/mol. The van der Waals surface area contributed by atoms with Gasteiger partial charge in [0.25, 0.3) is 5.91 Å². The Morgan fingerprint density at radius 1 is 1.12 bits per heavy atom. The van der Waals surface area contributed by atoms with Crippen LogP contribution >= 0.6 is 0 Å². The van der Waals surface area contributed by atoms with Crippen molar-refractivity contribution in [1.29, 1.82) is 0 Å². The molecule has 1 amide bonds. The zero-order valence-corrected chi connectivity index (χ0v) is 14.5. The lowest BCUT2D eigenvalue weighted by atomic mass is 10.1. The van der Waals surface area contributed by atoms with Crippen molar-refractivity contribution in [2.24, 2.45) is 0 Å². The highest BCUT2D eigenvalue weighted by Gasteiger charge is 2.15. The maximum absolute atomic E-state index is 12.3. The number of amides is 1. The van der Waals surface area contributed by atoms with Gasteiger partial charge in [-0.15, -0.1) is 0 Å². The van der Waals surface area contributed by atoms with E-state index in [0.717, 1.165) is 11.3 Å². The van der Waals surface area contributed by atoms with E-state index >= 15 is 0 Å². The summed E-state index contributed by atoms with van der Waals surface area (Å²) in [5, 5.41) is 2.91. The molecule has 1 heterocycles. The number of nitrogens with zero attached hydrogens (tertiary/aromatic N) is 2. The highest BCUT2D eigenvalue weighted by Crippen LogP contribution is 2.30. The minimum atomic E-state index is -0.262. The molecule has 2 aromatic rings. The zero-order valence-electron chi connectivity index (χ0n) is 14.5. The first-order chi connectivity index (χ1) is 11.5. The molecule has 1 unspecified atom stereocenters. The van der Waals surface area contributed by atoms with Crippen molar-refractivity contribution in [3.63, 3.8) is 0 Å². The van der Waals surface area contributed by atoms with Gasteiger partial charge >= 0.3 is 0 Å². The van der Waals surface area contributed by atoms with E-state index in [2.05, 4.69) is 15.3 Å². The Balaban J connectivity index is 2.13. The minimum absolute atomic E-state index is 0.199. The van der Waals surface area contributed by atoms with Gasteiger partial charge in [0.1, 0.15) is 5.69 Å². The first-order valence-corrected chi connectivity index (χ1v) is 8.04. The first-order valence-electron chi connectivity index (χ1n) is 8.04. The highest BCUT2D eigenvalue weighted by molar-refractivity contribution is 5.92. The maximum Gasteiger partial charge on any atom is 0.271 e. The minimum Gasteiger partial charge on any atom is -0.490 e. The van der Waals surface area contributed by atoms with Gasteiger partial charge in [-0.25, -0.2) is 4.98 Å². The third-order valence-electron chi connectivity index (χ3n) is 3.43. The Kier molecular flexibility index (Phi) is 6.12. The molecule has 1 aromatic heterocycles. The molecular weight excluding hydrogens is 306 g/mol. The van der Waals surface area contributed by atoms with Crippen LogP contribution in [0.25, 0.3) is 0 Å². The predicted molar refractivity (Wildman–Crippen MR) is 91.4 cm³/mol. The Hall–Kier alpha value is -2.63. The van der Waals surface area contributed by atoms with E-state index in [1.54, 1.807) is 6.20 Å². The normalized spacial score (nSPS) is 11.7. The Morgan fingerprint density at radius 2 is 1.83 bits per heavy atom. The molecule has 0 saturated heterocycles. The van der Waals surface area contributed by atoms with Crippen LogP contribution in [0.1, 0.15) is 48.6 Å². The number of aryl methyl sites for hydroxylation is 1. The fourth-order valence-electron chi connectivity index (χ4n) is 2.20. The van der Waals surface area contributed by atoms with E-state index < -0.39 is 0 Å². The van der Waals surface area contributed by atoms with Crippen LogP contribution < -0.4 is 14.8 Å². The van der Waals surface area contributed by atoms with Crippen molar-refractivity contribution < 1.29 is 14.3 Å².